The molecule has 0 spiro atoms. The first-order valence-electron chi connectivity index (χ1n) is 9.49. The molecule has 148 valence electrons. The Kier molecular flexibility index (Phi) is 5.19. The van der Waals surface area contributed by atoms with Crippen LogP contribution in [0.25, 0.3) is 0 Å². The molecule has 1 aliphatic rings. The first kappa shape index (κ1) is 20.3. The molecule has 1 aromatic heterocycles. The zero-order valence-corrected chi connectivity index (χ0v) is 19.0. The van der Waals surface area contributed by atoms with Crippen LogP contribution in [0.5, 0.6) is 0 Å². The molecule has 1 heterocycles. The van der Waals surface area contributed by atoms with Crippen LogP contribution < -0.4 is 4.80 Å². The van der Waals surface area contributed by atoms with Gasteiger partial charge in [-0.15, -0.1) is 15.7 Å². The maximum absolute atomic E-state index is 13.2. The van der Waals surface area contributed by atoms with E-state index in [0.29, 0.717) is 15.6 Å². The molecule has 0 saturated heterocycles. The van der Waals surface area contributed by atoms with Gasteiger partial charge in [-0.2, -0.15) is 8.42 Å². The van der Waals surface area contributed by atoms with E-state index in [9.17, 15) is 8.42 Å². The van der Waals surface area contributed by atoms with Crippen LogP contribution in [0.2, 0.25) is 0 Å². The van der Waals surface area contributed by atoms with Crippen molar-refractivity contribution in [1.82, 2.24) is 4.57 Å². The number of thiazole rings is 1. The summed E-state index contributed by atoms with van der Waals surface area (Å²) in [6.45, 7) is 15.1. The van der Waals surface area contributed by atoms with Gasteiger partial charge in [0.05, 0.1) is 4.90 Å². The number of nitrogens with zero attached hydrogens (tertiary/aromatic N) is 2. The molecule has 1 saturated carbocycles. The molecule has 0 amide bonds. The zero-order chi connectivity index (χ0) is 20.1. The van der Waals surface area contributed by atoms with Crippen LogP contribution in [0.15, 0.2) is 21.4 Å². The Hall–Kier alpha value is -1.40. The highest BCUT2D eigenvalue weighted by atomic mass is 32.2. The number of hydrogen-bond donors (Lipinski definition) is 0. The van der Waals surface area contributed by atoms with E-state index in [0.717, 1.165) is 28.9 Å². The molecule has 4 nitrogen and oxygen atoms in total. The normalized spacial score (nSPS) is 16.2. The van der Waals surface area contributed by atoms with Crippen LogP contribution in [0.4, 0.5) is 0 Å². The van der Waals surface area contributed by atoms with Gasteiger partial charge >= 0.3 is 0 Å². The van der Waals surface area contributed by atoms with Crippen LogP contribution in [-0.4, -0.2) is 13.0 Å². The second-order valence-corrected chi connectivity index (χ2v) is 11.4. The number of rotatable bonds is 4. The van der Waals surface area contributed by atoms with Crippen molar-refractivity contribution >= 4 is 21.4 Å². The zero-order valence-electron chi connectivity index (χ0n) is 17.4. The van der Waals surface area contributed by atoms with Crippen molar-refractivity contribution in [2.24, 2.45) is 10.3 Å². The lowest BCUT2D eigenvalue weighted by Crippen LogP contribution is -2.20. The maximum atomic E-state index is 13.2. The number of aromatic nitrogens is 1. The predicted octanol–water partition coefficient (Wildman–Crippen LogP) is 4.78. The van der Waals surface area contributed by atoms with Gasteiger partial charge in [0, 0.05) is 17.1 Å². The summed E-state index contributed by atoms with van der Waals surface area (Å²) in [4.78, 5) is 2.15. The van der Waals surface area contributed by atoms with Gasteiger partial charge in [0.1, 0.15) is 0 Å². The standard InChI is InChI=1S/C21H30N2O2S2/c1-13-10-14(2)18(15(3)11-13)27(24,25)22-20-23(12-17-8-9-17)16(4)19(26-20)21(5,6)7/h10-11,17H,8-9,12H2,1-7H3/b22-20-. The Morgan fingerprint density at radius 1 is 1.11 bits per heavy atom. The minimum absolute atomic E-state index is 0.0344. The number of aryl methyl sites for hydroxylation is 3. The molecule has 27 heavy (non-hydrogen) atoms. The van der Waals surface area contributed by atoms with Crippen LogP contribution in [0.1, 0.15) is 60.9 Å². The van der Waals surface area contributed by atoms with E-state index in [-0.39, 0.29) is 5.41 Å². The molecule has 0 aliphatic heterocycles. The lowest BCUT2D eigenvalue weighted by Gasteiger charge is -2.17. The van der Waals surface area contributed by atoms with E-state index < -0.39 is 10.0 Å². The Labute approximate surface area is 167 Å². The molecule has 0 radical (unpaired) electrons. The van der Waals surface area contributed by atoms with Crippen molar-refractivity contribution in [3.05, 3.63) is 44.2 Å². The summed E-state index contributed by atoms with van der Waals surface area (Å²) in [6, 6.07) is 3.82. The molecule has 3 rings (SSSR count). The number of sulfonamides is 1. The Bertz CT molecular complexity index is 1020. The minimum Gasteiger partial charge on any atom is -0.320 e. The van der Waals surface area contributed by atoms with Gasteiger partial charge in [-0.3, -0.25) is 0 Å². The Morgan fingerprint density at radius 2 is 1.67 bits per heavy atom. The first-order valence-corrected chi connectivity index (χ1v) is 11.8. The van der Waals surface area contributed by atoms with Crippen LogP contribution in [-0.2, 0) is 22.0 Å². The van der Waals surface area contributed by atoms with Gasteiger partial charge in [0.15, 0.2) is 0 Å². The molecule has 1 aliphatic carbocycles. The fourth-order valence-electron chi connectivity index (χ4n) is 3.75. The second-order valence-electron chi connectivity index (χ2n) is 8.90. The van der Waals surface area contributed by atoms with Gasteiger partial charge in [-0.1, -0.05) is 38.5 Å². The molecule has 0 unspecified atom stereocenters. The summed E-state index contributed by atoms with van der Waals surface area (Å²) in [5.74, 6) is 0.649. The van der Waals surface area contributed by atoms with Crippen molar-refractivity contribution in [3.63, 3.8) is 0 Å². The monoisotopic (exact) mass is 406 g/mol. The average molecular weight is 407 g/mol. The average Bonchev–Trinajstić information content (AvgIpc) is 3.24. The van der Waals surface area contributed by atoms with Gasteiger partial charge in [-0.25, -0.2) is 0 Å². The highest BCUT2D eigenvalue weighted by molar-refractivity contribution is 7.90. The molecular weight excluding hydrogens is 376 g/mol. The lowest BCUT2D eigenvalue weighted by atomic mass is 9.93. The quantitative estimate of drug-likeness (QED) is 0.734. The second kappa shape index (κ2) is 6.89. The third-order valence-corrected chi connectivity index (χ3v) is 8.33. The van der Waals surface area contributed by atoms with Crippen LogP contribution >= 0.6 is 11.3 Å². The highest BCUT2D eigenvalue weighted by Crippen LogP contribution is 2.34. The molecule has 0 atom stereocenters. The smallest absolute Gasteiger partial charge is 0.285 e. The minimum atomic E-state index is -3.76. The molecule has 6 heteroatoms. The molecule has 1 aromatic carbocycles. The molecular formula is C21H30N2O2S2. The summed E-state index contributed by atoms with van der Waals surface area (Å²) in [6.07, 6.45) is 2.44. The van der Waals surface area contributed by atoms with E-state index in [2.05, 4.69) is 36.7 Å². The maximum Gasteiger partial charge on any atom is 0.285 e. The SMILES string of the molecule is Cc1cc(C)c(S(=O)(=O)/N=c2\sc(C(C)(C)C)c(C)n2CC2CC2)c(C)c1. The van der Waals surface area contributed by atoms with Gasteiger partial charge in [0.2, 0.25) is 4.80 Å². The fourth-order valence-corrected chi connectivity index (χ4v) is 6.58. The van der Waals surface area contributed by atoms with E-state index in [1.54, 1.807) is 0 Å². The predicted molar refractivity (Wildman–Crippen MR) is 112 cm³/mol. The van der Waals surface area contributed by atoms with E-state index in [4.69, 9.17) is 0 Å². The summed E-state index contributed by atoms with van der Waals surface area (Å²) in [5.41, 5.74) is 3.69. The van der Waals surface area contributed by atoms with E-state index in [1.165, 1.54) is 29.1 Å². The van der Waals surface area contributed by atoms with E-state index in [1.807, 2.05) is 32.9 Å². The highest BCUT2D eigenvalue weighted by Gasteiger charge is 2.28. The first-order chi connectivity index (χ1) is 12.4. The Morgan fingerprint density at radius 3 is 2.15 bits per heavy atom. The summed E-state index contributed by atoms with van der Waals surface area (Å²) >= 11 is 1.52. The van der Waals surface area contributed by atoms with E-state index >= 15 is 0 Å². The molecule has 0 bridgehead atoms. The fraction of sp³-hybridized carbons (Fsp3) is 0.571. The third-order valence-electron chi connectivity index (χ3n) is 5.04. The van der Waals surface area contributed by atoms with Crippen molar-refractivity contribution in [1.29, 1.82) is 0 Å². The topological polar surface area (TPSA) is 51.4 Å². The molecule has 1 fully saturated rings. The largest absolute Gasteiger partial charge is 0.320 e. The van der Waals surface area contributed by atoms with Gasteiger partial charge in [0.25, 0.3) is 10.0 Å². The number of hydrogen-bond acceptors (Lipinski definition) is 3. The Balaban J connectivity index is 2.21. The third kappa shape index (κ3) is 4.21. The van der Waals surface area contributed by atoms with Crippen molar-refractivity contribution in [2.75, 3.05) is 0 Å². The van der Waals surface area contributed by atoms with Crippen molar-refractivity contribution in [2.45, 2.75) is 78.2 Å². The van der Waals surface area contributed by atoms with Gasteiger partial charge < -0.3 is 4.57 Å². The lowest BCUT2D eigenvalue weighted by molar-refractivity contribution is 0.562. The summed E-state index contributed by atoms with van der Waals surface area (Å²) in [5, 5.41) is 0. The molecule has 0 N–H and O–H groups in total. The van der Waals surface area contributed by atoms with Crippen LogP contribution in [0.3, 0.4) is 0 Å². The number of benzene rings is 1. The van der Waals surface area contributed by atoms with Crippen molar-refractivity contribution in [3.8, 4) is 0 Å². The van der Waals surface area contributed by atoms with Crippen molar-refractivity contribution < 1.29 is 8.42 Å². The summed E-state index contributed by atoms with van der Waals surface area (Å²) < 4.78 is 32.9. The van der Waals surface area contributed by atoms with Gasteiger partial charge in [-0.05, 0) is 63.0 Å². The summed E-state index contributed by atoms with van der Waals surface area (Å²) in [7, 11) is -3.76. The van der Waals surface area contributed by atoms with Crippen LogP contribution in [0, 0.1) is 33.6 Å². The molecule has 2 aromatic rings.